The van der Waals surface area contributed by atoms with E-state index in [0.29, 0.717) is 60.7 Å². The Morgan fingerprint density at radius 3 is 2.53 bits per heavy atom. The Balaban J connectivity index is 1.21. The number of carbonyl (C=O) groups is 1. The first-order valence-corrected chi connectivity index (χ1v) is 14.0. The van der Waals surface area contributed by atoms with Crippen molar-refractivity contribution >= 4 is 28.4 Å². The molecule has 0 radical (unpaired) electrons. The van der Waals surface area contributed by atoms with Gasteiger partial charge in [-0.2, -0.15) is 13.2 Å². The van der Waals surface area contributed by atoms with Crippen molar-refractivity contribution in [3.63, 3.8) is 0 Å². The molecule has 1 atom stereocenters. The van der Waals surface area contributed by atoms with E-state index in [-0.39, 0.29) is 17.5 Å². The average molecular weight is 597 g/mol. The summed E-state index contributed by atoms with van der Waals surface area (Å²) in [6, 6.07) is 11.0. The van der Waals surface area contributed by atoms with Gasteiger partial charge in [-0.1, -0.05) is 25.1 Å². The summed E-state index contributed by atoms with van der Waals surface area (Å²) < 4.78 is 52.3. The molecule has 1 aromatic carbocycles. The smallest absolute Gasteiger partial charge is 0.369 e. The lowest BCUT2D eigenvalue weighted by molar-refractivity contribution is -0.147. The number of alkyl halides is 3. The van der Waals surface area contributed by atoms with Crippen LogP contribution in [0.1, 0.15) is 41.6 Å². The molecule has 1 aliphatic rings. The van der Waals surface area contributed by atoms with Gasteiger partial charge in [0, 0.05) is 61.9 Å². The number of hydrogen-bond acceptors (Lipinski definition) is 8. The molecule has 1 fully saturated rings. The number of hydrogen-bond donors (Lipinski definition) is 3. The maximum Gasteiger partial charge on any atom is 0.401 e. The van der Waals surface area contributed by atoms with Gasteiger partial charge in [-0.25, -0.2) is 19.3 Å². The van der Waals surface area contributed by atoms with Crippen LogP contribution in [0.2, 0.25) is 0 Å². The molecule has 9 nitrogen and oxygen atoms in total. The van der Waals surface area contributed by atoms with Crippen LogP contribution in [0.15, 0.2) is 55.1 Å². The van der Waals surface area contributed by atoms with Gasteiger partial charge in [-0.3, -0.25) is 14.7 Å². The van der Waals surface area contributed by atoms with Crippen LogP contribution < -0.4 is 16.0 Å². The fourth-order valence-corrected chi connectivity index (χ4v) is 5.28. The Morgan fingerprint density at radius 1 is 1.05 bits per heavy atom. The van der Waals surface area contributed by atoms with Crippen molar-refractivity contribution in [1.29, 1.82) is 0 Å². The number of fused-ring (bicyclic) bond motifs is 1. The monoisotopic (exact) mass is 596 g/mol. The highest BCUT2D eigenvalue weighted by Gasteiger charge is 2.32. The third-order valence-electron chi connectivity index (χ3n) is 7.53. The molecule has 3 aromatic heterocycles. The van der Waals surface area contributed by atoms with E-state index < -0.39 is 24.4 Å². The second kappa shape index (κ2) is 12.9. The molecule has 0 unspecified atom stereocenters. The summed E-state index contributed by atoms with van der Waals surface area (Å²) in [5.74, 6) is 0.0268. The minimum Gasteiger partial charge on any atom is -0.369 e. The summed E-state index contributed by atoms with van der Waals surface area (Å²) in [6.45, 7) is 2.40. The SMILES string of the molecule is CNC(=O)c1c(F)cnc2c([C@H](C)CNc3cc(-c4ccc(NC5CCN(CC(F)(F)F)CC5)nc4)ncn3)cccc12. The highest BCUT2D eigenvalue weighted by atomic mass is 19.4. The Labute approximate surface area is 246 Å². The number of carbonyl (C=O) groups excluding carboxylic acids is 1. The van der Waals surface area contributed by atoms with Crippen molar-refractivity contribution in [2.24, 2.45) is 0 Å². The number of halogens is 4. The zero-order chi connectivity index (χ0) is 30.6. The van der Waals surface area contributed by atoms with Crippen LogP contribution in [0.3, 0.4) is 0 Å². The molecule has 0 bridgehead atoms. The number of nitrogens with zero attached hydrogens (tertiary/aromatic N) is 5. The third-order valence-corrected chi connectivity index (χ3v) is 7.53. The van der Waals surface area contributed by atoms with Crippen molar-refractivity contribution in [2.45, 2.75) is 37.9 Å². The quantitative estimate of drug-likeness (QED) is 0.225. The molecule has 4 aromatic rings. The van der Waals surface area contributed by atoms with Crippen molar-refractivity contribution in [3.8, 4) is 11.3 Å². The standard InChI is InChI=1S/C30H32F4N8O/c1-18(21-4-3-5-22-27(29(43)35-2)23(31)15-38-28(21)22)13-36-26-12-24(39-17-40-26)19-6-7-25(37-14-19)41-20-8-10-42(11-9-20)16-30(32,33)34/h3-7,12,14-15,17-18,20H,8-11,13,16H2,1-2H3,(H,35,43)(H,37,41)(H,36,39,40)/t18-/m1/s1. The van der Waals surface area contributed by atoms with E-state index in [4.69, 9.17) is 0 Å². The van der Waals surface area contributed by atoms with Crippen LogP contribution in [0.4, 0.5) is 29.2 Å². The van der Waals surface area contributed by atoms with Gasteiger partial charge in [0.2, 0.25) is 0 Å². The first kappa shape index (κ1) is 30.1. The van der Waals surface area contributed by atoms with Crippen LogP contribution in [0.5, 0.6) is 0 Å². The number of nitrogens with one attached hydrogen (secondary N) is 3. The molecule has 13 heteroatoms. The van der Waals surface area contributed by atoms with E-state index in [9.17, 15) is 22.4 Å². The van der Waals surface area contributed by atoms with E-state index >= 15 is 0 Å². The number of rotatable bonds is 9. The molecule has 4 heterocycles. The molecule has 0 spiro atoms. The Kier molecular flexibility index (Phi) is 9.00. The number of pyridine rings is 2. The Hall–Kier alpha value is -4.39. The van der Waals surface area contributed by atoms with E-state index in [1.165, 1.54) is 18.3 Å². The molecular weight excluding hydrogens is 564 g/mol. The summed E-state index contributed by atoms with van der Waals surface area (Å²) in [6.07, 6.45) is 1.27. The van der Waals surface area contributed by atoms with Gasteiger partial charge in [0.1, 0.15) is 18.0 Å². The molecule has 3 N–H and O–H groups in total. The van der Waals surface area contributed by atoms with E-state index in [1.807, 2.05) is 31.2 Å². The first-order valence-electron chi connectivity index (χ1n) is 14.0. The average Bonchev–Trinajstić information content (AvgIpc) is 3.00. The predicted molar refractivity (Wildman–Crippen MR) is 156 cm³/mol. The third kappa shape index (κ3) is 7.34. The fraction of sp³-hybridized carbons (Fsp3) is 0.367. The van der Waals surface area contributed by atoms with Crippen LogP contribution >= 0.6 is 0 Å². The van der Waals surface area contributed by atoms with E-state index in [1.54, 1.807) is 18.3 Å². The summed E-state index contributed by atoms with van der Waals surface area (Å²) >= 11 is 0. The highest BCUT2D eigenvalue weighted by molar-refractivity contribution is 6.06. The number of anilines is 2. The molecular formula is C30H32F4N8O. The van der Waals surface area contributed by atoms with Gasteiger partial charge >= 0.3 is 6.18 Å². The van der Waals surface area contributed by atoms with Crippen LogP contribution in [-0.2, 0) is 0 Å². The van der Waals surface area contributed by atoms with E-state index in [0.717, 1.165) is 17.3 Å². The lowest BCUT2D eigenvalue weighted by atomic mass is 9.96. The minimum atomic E-state index is -4.18. The van der Waals surface area contributed by atoms with Crippen LogP contribution in [0.25, 0.3) is 22.2 Å². The summed E-state index contributed by atoms with van der Waals surface area (Å²) in [7, 11) is 1.46. The van der Waals surface area contributed by atoms with Crippen LogP contribution in [0, 0.1) is 5.82 Å². The molecule has 43 heavy (non-hydrogen) atoms. The Bertz CT molecular complexity index is 1570. The van der Waals surface area contributed by atoms with Gasteiger partial charge < -0.3 is 16.0 Å². The highest BCUT2D eigenvalue weighted by Crippen LogP contribution is 2.28. The maximum atomic E-state index is 14.4. The second-order valence-electron chi connectivity index (χ2n) is 10.6. The number of aromatic nitrogens is 4. The molecule has 1 aliphatic heterocycles. The number of para-hydroxylation sites is 1. The second-order valence-corrected chi connectivity index (χ2v) is 10.6. The van der Waals surface area contributed by atoms with Gasteiger partial charge in [-0.15, -0.1) is 0 Å². The fourth-order valence-electron chi connectivity index (χ4n) is 5.28. The predicted octanol–water partition coefficient (Wildman–Crippen LogP) is 5.24. The van der Waals surface area contributed by atoms with Gasteiger partial charge in [0.15, 0.2) is 5.82 Å². The lowest BCUT2D eigenvalue weighted by Gasteiger charge is -2.32. The normalized spacial score (nSPS) is 15.3. The molecule has 1 amide bonds. The minimum absolute atomic E-state index is 0.0314. The van der Waals surface area contributed by atoms with Crippen molar-refractivity contribution < 1.29 is 22.4 Å². The summed E-state index contributed by atoms with van der Waals surface area (Å²) in [4.78, 5) is 31.2. The largest absolute Gasteiger partial charge is 0.401 e. The first-order chi connectivity index (χ1) is 20.6. The molecule has 226 valence electrons. The van der Waals surface area contributed by atoms with Crippen molar-refractivity contribution in [2.75, 3.05) is 43.9 Å². The number of likely N-dealkylation sites (tertiary alicyclic amines) is 1. The number of piperidine rings is 1. The molecule has 1 saturated heterocycles. The zero-order valence-electron chi connectivity index (χ0n) is 23.7. The summed E-state index contributed by atoms with van der Waals surface area (Å²) in [5.41, 5.74) is 2.85. The molecule has 0 saturated carbocycles. The van der Waals surface area contributed by atoms with Crippen LogP contribution in [-0.4, -0.2) is 76.2 Å². The maximum absolute atomic E-state index is 14.4. The van der Waals surface area contributed by atoms with Gasteiger partial charge in [0.05, 0.1) is 29.5 Å². The van der Waals surface area contributed by atoms with Crippen molar-refractivity contribution in [1.82, 2.24) is 30.2 Å². The number of benzene rings is 1. The zero-order valence-corrected chi connectivity index (χ0v) is 23.7. The lowest BCUT2D eigenvalue weighted by Crippen LogP contribution is -2.43. The topological polar surface area (TPSA) is 108 Å². The Morgan fingerprint density at radius 2 is 1.84 bits per heavy atom. The van der Waals surface area contributed by atoms with Gasteiger partial charge in [-0.05, 0) is 30.5 Å². The van der Waals surface area contributed by atoms with Gasteiger partial charge in [0.25, 0.3) is 5.91 Å². The number of amides is 1. The summed E-state index contributed by atoms with van der Waals surface area (Å²) in [5, 5.41) is 9.57. The molecule has 5 rings (SSSR count). The van der Waals surface area contributed by atoms with Crippen molar-refractivity contribution in [3.05, 3.63) is 72.1 Å². The van der Waals surface area contributed by atoms with E-state index in [2.05, 4.69) is 35.9 Å². The molecule has 0 aliphatic carbocycles.